The number of rotatable bonds is 6. The van der Waals surface area contributed by atoms with Crippen molar-refractivity contribution in [3.63, 3.8) is 0 Å². The van der Waals surface area contributed by atoms with Crippen molar-refractivity contribution < 1.29 is 9.90 Å². The lowest BCUT2D eigenvalue weighted by Gasteiger charge is -2.52. The molecule has 0 aliphatic carbocycles. The average molecular weight is 316 g/mol. The van der Waals surface area contributed by atoms with Gasteiger partial charge in [0.2, 0.25) is 0 Å². The van der Waals surface area contributed by atoms with Gasteiger partial charge in [-0.3, -0.25) is 0 Å². The second kappa shape index (κ2) is 6.46. The van der Waals surface area contributed by atoms with Crippen LogP contribution >= 0.6 is 0 Å². The number of benzene rings is 1. The van der Waals surface area contributed by atoms with Crippen LogP contribution in [0, 0.1) is 5.21 Å². The first kappa shape index (κ1) is 17.7. The highest BCUT2D eigenvalue weighted by molar-refractivity contribution is 5.85. The van der Waals surface area contributed by atoms with Gasteiger partial charge in [0.15, 0.2) is 0 Å². The van der Waals surface area contributed by atoms with E-state index < -0.39 is 17.0 Å². The predicted molar refractivity (Wildman–Crippen MR) is 92.8 cm³/mol. The first-order chi connectivity index (χ1) is 10.9. The van der Waals surface area contributed by atoms with E-state index in [1.165, 1.54) is 5.06 Å². The van der Waals surface area contributed by atoms with Gasteiger partial charge in [0.1, 0.15) is 0 Å². The third-order valence-electron chi connectivity index (χ3n) is 5.58. The number of hydrogen-bond acceptors (Lipinski definition) is 3. The van der Waals surface area contributed by atoms with Crippen molar-refractivity contribution in [2.45, 2.75) is 64.5 Å². The molecule has 0 aromatic heterocycles. The highest BCUT2D eigenvalue weighted by Crippen LogP contribution is 2.55. The van der Waals surface area contributed by atoms with Gasteiger partial charge in [-0.05, 0) is 54.5 Å². The molecule has 2 rings (SSSR count). The lowest BCUT2D eigenvalue weighted by Crippen LogP contribution is -2.46. The molecule has 1 aliphatic heterocycles. The SMILES string of the molecule is CCC1(CC)c2ccc(/C=C/C(=O)O)cc2C(CC)(CC)N1[O-]. The molecular weight excluding hydrogens is 290 g/mol. The second-order valence-electron chi connectivity index (χ2n) is 6.25. The topological polar surface area (TPSA) is 63.6 Å². The van der Waals surface area contributed by atoms with Crippen LogP contribution in [-0.2, 0) is 15.9 Å². The van der Waals surface area contributed by atoms with E-state index >= 15 is 0 Å². The third kappa shape index (κ3) is 2.50. The van der Waals surface area contributed by atoms with Crippen molar-refractivity contribution in [1.82, 2.24) is 5.06 Å². The van der Waals surface area contributed by atoms with Crippen LogP contribution in [0.5, 0.6) is 0 Å². The van der Waals surface area contributed by atoms with E-state index in [0.717, 1.165) is 48.4 Å². The van der Waals surface area contributed by atoms with Crippen molar-refractivity contribution >= 4 is 12.0 Å². The molecule has 1 aromatic rings. The number of hydroxylamine groups is 2. The molecule has 1 heterocycles. The fourth-order valence-electron chi connectivity index (χ4n) is 4.09. The number of carboxylic acid groups (broad SMARTS) is 1. The number of fused-ring (bicyclic) bond motifs is 1. The van der Waals surface area contributed by atoms with Gasteiger partial charge >= 0.3 is 5.97 Å². The van der Waals surface area contributed by atoms with Crippen LogP contribution < -0.4 is 0 Å². The fraction of sp³-hybridized carbons (Fsp3) is 0.526. The second-order valence-corrected chi connectivity index (χ2v) is 6.25. The summed E-state index contributed by atoms with van der Waals surface area (Å²) < 4.78 is 0. The standard InChI is InChI=1S/C19H26NO3/c1-5-18(6-2)15-11-9-14(10-12-17(21)22)13-16(15)19(7-3,8-4)20(18)23/h9-13H,5-8H2,1-4H3,(H,21,22)/q-1/b12-10+. The first-order valence-corrected chi connectivity index (χ1v) is 8.45. The van der Waals surface area contributed by atoms with Gasteiger partial charge < -0.3 is 15.4 Å². The molecule has 0 fully saturated rings. The van der Waals surface area contributed by atoms with E-state index in [4.69, 9.17) is 5.11 Å². The van der Waals surface area contributed by atoms with Gasteiger partial charge in [-0.25, -0.2) is 4.79 Å². The van der Waals surface area contributed by atoms with E-state index in [0.29, 0.717) is 0 Å². The molecule has 0 saturated carbocycles. The zero-order valence-corrected chi connectivity index (χ0v) is 14.4. The molecule has 0 amide bonds. The maximum atomic E-state index is 13.3. The number of hydrogen-bond donors (Lipinski definition) is 1. The van der Waals surface area contributed by atoms with E-state index in [2.05, 4.69) is 27.7 Å². The van der Waals surface area contributed by atoms with Crippen LogP contribution in [0.3, 0.4) is 0 Å². The molecule has 1 aromatic carbocycles. The van der Waals surface area contributed by atoms with E-state index in [1.807, 2.05) is 18.2 Å². The summed E-state index contributed by atoms with van der Waals surface area (Å²) in [7, 11) is 0. The van der Waals surface area contributed by atoms with Crippen molar-refractivity contribution in [3.05, 3.63) is 46.2 Å². The summed E-state index contributed by atoms with van der Waals surface area (Å²) in [6.07, 6.45) is 5.75. The summed E-state index contributed by atoms with van der Waals surface area (Å²) in [6, 6.07) is 5.93. The van der Waals surface area contributed by atoms with Crippen LogP contribution in [0.4, 0.5) is 0 Å². The molecule has 0 bridgehead atoms. The highest BCUT2D eigenvalue weighted by Gasteiger charge is 2.50. The van der Waals surface area contributed by atoms with Gasteiger partial charge in [-0.15, -0.1) is 0 Å². The number of carboxylic acids is 1. The predicted octanol–water partition coefficient (Wildman–Crippen LogP) is 4.63. The van der Waals surface area contributed by atoms with Crippen molar-refractivity contribution in [3.8, 4) is 0 Å². The Kier molecular flexibility index (Phi) is 4.97. The minimum Gasteiger partial charge on any atom is -0.784 e. The molecule has 23 heavy (non-hydrogen) atoms. The molecule has 0 atom stereocenters. The smallest absolute Gasteiger partial charge is 0.328 e. The molecule has 4 nitrogen and oxygen atoms in total. The summed E-state index contributed by atoms with van der Waals surface area (Å²) in [6.45, 7) is 8.24. The van der Waals surface area contributed by atoms with E-state index in [9.17, 15) is 10.0 Å². The zero-order chi connectivity index (χ0) is 17.3. The lowest BCUT2D eigenvalue weighted by molar-refractivity contribution is -0.131. The number of nitrogens with zero attached hydrogens (tertiary/aromatic N) is 1. The Morgan fingerprint density at radius 1 is 1.09 bits per heavy atom. The minimum absolute atomic E-state index is 0.476. The largest absolute Gasteiger partial charge is 0.784 e. The third-order valence-corrected chi connectivity index (χ3v) is 5.58. The van der Waals surface area contributed by atoms with Crippen LogP contribution in [0.1, 0.15) is 70.1 Å². The monoisotopic (exact) mass is 316 g/mol. The van der Waals surface area contributed by atoms with E-state index in [-0.39, 0.29) is 0 Å². The van der Waals surface area contributed by atoms with E-state index in [1.54, 1.807) is 6.08 Å². The molecule has 4 heteroatoms. The van der Waals surface area contributed by atoms with Crippen molar-refractivity contribution in [2.24, 2.45) is 0 Å². The Morgan fingerprint density at radius 3 is 2.09 bits per heavy atom. The summed E-state index contributed by atoms with van der Waals surface area (Å²) in [5, 5.41) is 23.5. The molecular formula is C19H26NO3-. The van der Waals surface area contributed by atoms with Crippen LogP contribution in [0.15, 0.2) is 24.3 Å². The molecule has 126 valence electrons. The quantitative estimate of drug-likeness (QED) is 0.777. The average Bonchev–Trinajstić information content (AvgIpc) is 2.77. The van der Waals surface area contributed by atoms with Gasteiger partial charge in [-0.2, -0.15) is 0 Å². The summed E-state index contributed by atoms with van der Waals surface area (Å²) in [5.41, 5.74) is 2.00. The summed E-state index contributed by atoms with van der Waals surface area (Å²) in [5.74, 6) is -0.968. The summed E-state index contributed by atoms with van der Waals surface area (Å²) >= 11 is 0. The Hall–Kier alpha value is -1.65. The molecule has 1 N–H and O–H groups in total. The van der Waals surface area contributed by atoms with Gasteiger partial charge in [-0.1, -0.05) is 39.8 Å². The molecule has 0 radical (unpaired) electrons. The van der Waals surface area contributed by atoms with Crippen LogP contribution in [0.2, 0.25) is 0 Å². The molecule has 0 unspecified atom stereocenters. The van der Waals surface area contributed by atoms with Crippen LogP contribution in [0.25, 0.3) is 6.08 Å². The maximum absolute atomic E-state index is 13.3. The lowest BCUT2D eigenvalue weighted by atomic mass is 9.82. The Bertz CT molecular complexity index is 613. The van der Waals surface area contributed by atoms with Crippen molar-refractivity contribution in [2.75, 3.05) is 0 Å². The fourth-order valence-corrected chi connectivity index (χ4v) is 4.09. The molecule has 0 spiro atoms. The highest BCUT2D eigenvalue weighted by atomic mass is 16.5. The Morgan fingerprint density at radius 2 is 1.61 bits per heavy atom. The van der Waals surface area contributed by atoms with Gasteiger partial charge in [0.05, 0.1) is 0 Å². The zero-order valence-electron chi connectivity index (χ0n) is 14.4. The normalized spacial score (nSPS) is 19.2. The molecule has 0 saturated heterocycles. The first-order valence-electron chi connectivity index (χ1n) is 8.45. The maximum Gasteiger partial charge on any atom is 0.328 e. The van der Waals surface area contributed by atoms with Gasteiger partial charge in [0, 0.05) is 17.2 Å². The number of carbonyl (C=O) groups is 1. The van der Waals surface area contributed by atoms with Gasteiger partial charge in [0.25, 0.3) is 0 Å². The Labute approximate surface area is 138 Å². The minimum atomic E-state index is -0.968. The van der Waals surface area contributed by atoms with Crippen LogP contribution in [-0.4, -0.2) is 16.1 Å². The van der Waals surface area contributed by atoms with Crippen molar-refractivity contribution in [1.29, 1.82) is 0 Å². The summed E-state index contributed by atoms with van der Waals surface area (Å²) in [4.78, 5) is 10.7. The molecule has 1 aliphatic rings. The number of aliphatic carboxylic acids is 1. The Balaban J connectivity index is 2.67.